The number of carbonyl (C=O) groups is 2. The van der Waals surface area contributed by atoms with Crippen molar-refractivity contribution in [3.05, 3.63) is 45.1 Å². The Bertz CT molecular complexity index is 757. The number of aryl methyl sites for hydroxylation is 1. The van der Waals surface area contributed by atoms with Crippen LogP contribution in [0.3, 0.4) is 0 Å². The van der Waals surface area contributed by atoms with Crippen molar-refractivity contribution in [2.75, 3.05) is 16.8 Å². The van der Waals surface area contributed by atoms with Crippen molar-refractivity contribution in [3.63, 3.8) is 0 Å². The number of hydrogen-bond acceptors (Lipinski definition) is 3. The van der Waals surface area contributed by atoms with E-state index < -0.39 is 0 Å². The molecule has 2 amide bonds. The molecule has 1 aromatic heterocycles. The first-order chi connectivity index (χ1) is 11.1. The molecule has 0 radical (unpaired) electrons. The predicted molar refractivity (Wildman–Crippen MR) is 94.7 cm³/mol. The number of thiophene rings is 1. The van der Waals surface area contributed by atoms with Crippen LogP contribution in [-0.4, -0.2) is 18.4 Å². The van der Waals surface area contributed by atoms with Crippen LogP contribution in [0.4, 0.5) is 11.4 Å². The average molecular weight is 349 g/mol. The summed E-state index contributed by atoms with van der Waals surface area (Å²) in [6.07, 6.45) is 2.15. The molecule has 0 aliphatic carbocycles. The maximum absolute atomic E-state index is 12.2. The summed E-state index contributed by atoms with van der Waals surface area (Å²) in [6, 6.07) is 9.13. The highest BCUT2D eigenvalue weighted by Gasteiger charge is 2.23. The second kappa shape index (κ2) is 6.72. The predicted octanol–water partition coefficient (Wildman–Crippen LogP) is 4.34. The highest BCUT2D eigenvalue weighted by Crippen LogP contribution is 2.31. The van der Waals surface area contributed by atoms with E-state index in [4.69, 9.17) is 11.6 Å². The smallest absolute Gasteiger partial charge is 0.265 e. The first-order valence-electron chi connectivity index (χ1n) is 7.58. The zero-order chi connectivity index (χ0) is 16.4. The topological polar surface area (TPSA) is 49.4 Å². The van der Waals surface area contributed by atoms with E-state index in [1.54, 1.807) is 12.1 Å². The van der Waals surface area contributed by atoms with Crippen molar-refractivity contribution in [3.8, 4) is 0 Å². The van der Waals surface area contributed by atoms with Gasteiger partial charge < -0.3 is 10.2 Å². The molecule has 0 unspecified atom stereocenters. The number of halogens is 1. The number of carbonyl (C=O) groups excluding carboxylic acids is 2. The van der Waals surface area contributed by atoms with Crippen LogP contribution in [-0.2, 0) is 11.2 Å². The molecule has 2 heterocycles. The summed E-state index contributed by atoms with van der Waals surface area (Å²) >= 11 is 7.11. The molecule has 0 saturated heterocycles. The molecule has 0 saturated carbocycles. The second-order valence-corrected chi connectivity index (χ2v) is 7.16. The SMILES string of the molecule is CCCN1C(=O)CCc2cc(NC(=O)c3ccc(Cl)s3)ccc21. The Balaban J connectivity index is 1.81. The van der Waals surface area contributed by atoms with Crippen molar-refractivity contribution >= 4 is 46.1 Å². The molecule has 23 heavy (non-hydrogen) atoms. The lowest BCUT2D eigenvalue weighted by molar-refractivity contribution is -0.118. The van der Waals surface area contributed by atoms with E-state index in [-0.39, 0.29) is 11.8 Å². The van der Waals surface area contributed by atoms with Crippen molar-refractivity contribution in [2.24, 2.45) is 0 Å². The Kier molecular flexibility index (Phi) is 4.68. The maximum atomic E-state index is 12.2. The van der Waals surface area contributed by atoms with Gasteiger partial charge in [0.1, 0.15) is 0 Å². The van der Waals surface area contributed by atoms with E-state index >= 15 is 0 Å². The van der Waals surface area contributed by atoms with Gasteiger partial charge in [0.05, 0.1) is 9.21 Å². The third kappa shape index (κ3) is 3.41. The Morgan fingerprint density at radius 1 is 1.30 bits per heavy atom. The lowest BCUT2D eigenvalue weighted by Gasteiger charge is -2.29. The van der Waals surface area contributed by atoms with Gasteiger partial charge in [0.2, 0.25) is 5.91 Å². The van der Waals surface area contributed by atoms with Gasteiger partial charge in [0, 0.05) is 24.3 Å². The van der Waals surface area contributed by atoms with Gasteiger partial charge in [-0.25, -0.2) is 0 Å². The van der Waals surface area contributed by atoms with E-state index in [0.717, 1.165) is 29.9 Å². The summed E-state index contributed by atoms with van der Waals surface area (Å²) in [5.74, 6) is 0.00325. The molecule has 120 valence electrons. The zero-order valence-electron chi connectivity index (χ0n) is 12.8. The highest BCUT2D eigenvalue weighted by molar-refractivity contribution is 7.18. The fraction of sp³-hybridized carbons (Fsp3) is 0.294. The first kappa shape index (κ1) is 16.0. The number of anilines is 2. The lowest BCUT2D eigenvalue weighted by atomic mass is 10.00. The number of benzene rings is 1. The quantitative estimate of drug-likeness (QED) is 0.893. The van der Waals surface area contributed by atoms with Gasteiger partial charge in [-0.15, -0.1) is 11.3 Å². The van der Waals surface area contributed by atoms with Gasteiger partial charge in [-0.3, -0.25) is 9.59 Å². The summed E-state index contributed by atoms with van der Waals surface area (Å²) in [5.41, 5.74) is 2.80. The van der Waals surface area contributed by atoms with E-state index in [0.29, 0.717) is 22.1 Å². The molecule has 1 aromatic carbocycles. The number of rotatable bonds is 4. The third-order valence-corrected chi connectivity index (χ3v) is 5.01. The Morgan fingerprint density at radius 2 is 2.13 bits per heavy atom. The van der Waals surface area contributed by atoms with Crippen LogP contribution >= 0.6 is 22.9 Å². The van der Waals surface area contributed by atoms with E-state index in [1.807, 2.05) is 23.1 Å². The molecule has 0 fully saturated rings. The van der Waals surface area contributed by atoms with Crippen LogP contribution in [0, 0.1) is 0 Å². The van der Waals surface area contributed by atoms with Crippen molar-refractivity contribution in [1.82, 2.24) is 0 Å². The van der Waals surface area contributed by atoms with E-state index in [9.17, 15) is 9.59 Å². The molecule has 0 spiro atoms. The zero-order valence-corrected chi connectivity index (χ0v) is 14.3. The highest BCUT2D eigenvalue weighted by atomic mass is 35.5. The van der Waals surface area contributed by atoms with Gasteiger partial charge in [0.25, 0.3) is 5.91 Å². The molecule has 3 rings (SSSR count). The Labute approximate surface area is 144 Å². The minimum atomic E-state index is -0.167. The number of nitrogens with zero attached hydrogens (tertiary/aromatic N) is 1. The fourth-order valence-corrected chi connectivity index (χ4v) is 3.67. The summed E-state index contributed by atoms with van der Waals surface area (Å²) in [5, 5.41) is 2.89. The van der Waals surface area contributed by atoms with Crippen LogP contribution in [0.1, 0.15) is 35.0 Å². The molecule has 4 nitrogen and oxygen atoms in total. The Morgan fingerprint density at radius 3 is 2.83 bits per heavy atom. The fourth-order valence-electron chi connectivity index (χ4n) is 2.74. The molecular formula is C17H17ClN2O2S. The van der Waals surface area contributed by atoms with Crippen molar-refractivity contribution in [1.29, 1.82) is 0 Å². The number of amides is 2. The number of nitrogens with one attached hydrogen (secondary N) is 1. The minimum absolute atomic E-state index is 0.167. The van der Waals surface area contributed by atoms with Crippen LogP contribution in [0.5, 0.6) is 0 Å². The monoisotopic (exact) mass is 348 g/mol. The van der Waals surface area contributed by atoms with Crippen LogP contribution in [0.2, 0.25) is 4.34 Å². The molecule has 6 heteroatoms. The molecule has 2 aromatic rings. The summed E-state index contributed by atoms with van der Waals surface area (Å²) in [7, 11) is 0. The summed E-state index contributed by atoms with van der Waals surface area (Å²) < 4.78 is 0.592. The van der Waals surface area contributed by atoms with Gasteiger partial charge >= 0.3 is 0 Å². The van der Waals surface area contributed by atoms with Crippen LogP contribution < -0.4 is 10.2 Å². The minimum Gasteiger partial charge on any atom is -0.321 e. The average Bonchev–Trinajstić information content (AvgIpc) is 2.97. The number of hydrogen-bond donors (Lipinski definition) is 1. The second-order valence-electron chi connectivity index (χ2n) is 5.45. The number of fused-ring (bicyclic) bond motifs is 1. The summed E-state index contributed by atoms with van der Waals surface area (Å²) in [6.45, 7) is 2.79. The standard InChI is InChI=1S/C17H17ClN2O2S/c1-2-9-20-13-5-4-12(10-11(13)3-8-16(20)21)19-17(22)14-6-7-15(18)23-14/h4-7,10H,2-3,8-9H2,1H3,(H,19,22). The van der Waals surface area contributed by atoms with Crippen LogP contribution in [0.25, 0.3) is 0 Å². The normalized spacial score (nSPS) is 13.8. The Hall–Kier alpha value is -1.85. The third-order valence-electron chi connectivity index (χ3n) is 3.78. The van der Waals surface area contributed by atoms with Gasteiger partial charge in [0.15, 0.2) is 0 Å². The van der Waals surface area contributed by atoms with E-state index in [2.05, 4.69) is 12.2 Å². The molecule has 1 N–H and O–H groups in total. The molecule has 0 bridgehead atoms. The molecule has 1 aliphatic rings. The van der Waals surface area contributed by atoms with Gasteiger partial charge in [-0.2, -0.15) is 0 Å². The lowest BCUT2D eigenvalue weighted by Crippen LogP contribution is -2.35. The van der Waals surface area contributed by atoms with E-state index in [1.165, 1.54) is 11.3 Å². The largest absolute Gasteiger partial charge is 0.321 e. The van der Waals surface area contributed by atoms with Gasteiger partial charge in [-0.1, -0.05) is 18.5 Å². The summed E-state index contributed by atoms with van der Waals surface area (Å²) in [4.78, 5) is 26.6. The first-order valence-corrected chi connectivity index (χ1v) is 8.78. The molecule has 1 aliphatic heterocycles. The van der Waals surface area contributed by atoms with Gasteiger partial charge in [-0.05, 0) is 48.7 Å². The van der Waals surface area contributed by atoms with Crippen molar-refractivity contribution < 1.29 is 9.59 Å². The molecular weight excluding hydrogens is 332 g/mol. The van der Waals surface area contributed by atoms with Crippen LogP contribution in [0.15, 0.2) is 30.3 Å². The molecule has 0 atom stereocenters. The van der Waals surface area contributed by atoms with Crippen molar-refractivity contribution in [2.45, 2.75) is 26.2 Å². The maximum Gasteiger partial charge on any atom is 0.265 e.